The summed E-state index contributed by atoms with van der Waals surface area (Å²) in [5.74, 6) is -0.266. The van der Waals surface area contributed by atoms with Gasteiger partial charge in [-0.05, 0) is 5.56 Å². The Morgan fingerprint density at radius 1 is 1.47 bits per heavy atom. The number of nitrogens with zero attached hydrogens (tertiary/aromatic N) is 1. The minimum atomic E-state index is -0.442. The molecule has 2 atom stereocenters. The van der Waals surface area contributed by atoms with Gasteiger partial charge in [0.25, 0.3) is 0 Å². The van der Waals surface area contributed by atoms with Crippen molar-refractivity contribution in [3.05, 3.63) is 35.9 Å². The van der Waals surface area contributed by atoms with Gasteiger partial charge in [-0.2, -0.15) is 0 Å². The molecular weight excluding hydrogens is 218 g/mol. The summed E-state index contributed by atoms with van der Waals surface area (Å²) in [4.78, 5) is 13.5. The van der Waals surface area contributed by atoms with Crippen molar-refractivity contribution in [2.75, 3.05) is 13.7 Å². The number of ether oxygens (including phenoxy) is 1. The second-order valence-corrected chi connectivity index (χ2v) is 4.34. The molecule has 1 heterocycles. The first-order valence-electron chi connectivity index (χ1n) is 5.74. The Labute approximate surface area is 101 Å². The van der Waals surface area contributed by atoms with E-state index in [1.807, 2.05) is 35.2 Å². The molecule has 0 spiro atoms. The lowest BCUT2D eigenvalue weighted by atomic mass is 10.2. The van der Waals surface area contributed by atoms with Gasteiger partial charge in [-0.15, -0.1) is 0 Å². The second-order valence-electron chi connectivity index (χ2n) is 4.34. The molecule has 2 rings (SSSR count). The Hall–Kier alpha value is -1.39. The van der Waals surface area contributed by atoms with Crippen LogP contribution in [-0.2, 0) is 16.1 Å². The number of likely N-dealkylation sites (tertiary alicyclic amines) is 1. The number of aliphatic hydroxyl groups excluding tert-OH is 1. The molecule has 0 saturated carbocycles. The van der Waals surface area contributed by atoms with Crippen LogP contribution in [0.25, 0.3) is 0 Å². The third kappa shape index (κ3) is 2.84. The van der Waals surface area contributed by atoms with Crippen LogP contribution in [0.2, 0.25) is 0 Å². The number of β-amino-alcohol motifs (C(OH)–C–C–N with tert-alkyl or cyclic N) is 1. The van der Waals surface area contributed by atoms with E-state index in [1.54, 1.807) is 0 Å². The summed E-state index contributed by atoms with van der Waals surface area (Å²) >= 11 is 0. The second kappa shape index (κ2) is 5.29. The number of aliphatic hydroxyl groups is 1. The van der Waals surface area contributed by atoms with Crippen molar-refractivity contribution >= 4 is 5.97 Å². The number of hydrogen-bond acceptors (Lipinski definition) is 4. The third-order valence-corrected chi connectivity index (χ3v) is 3.08. The van der Waals surface area contributed by atoms with E-state index in [0.717, 1.165) is 5.56 Å². The number of benzene rings is 1. The summed E-state index contributed by atoms with van der Waals surface area (Å²) in [6.07, 6.45) is 0.0160. The van der Waals surface area contributed by atoms with Gasteiger partial charge in [-0.1, -0.05) is 30.3 Å². The molecule has 0 aromatic heterocycles. The molecule has 1 N–H and O–H groups in total. The highest BCUT2D eigenvalue weighted by Gasteiger charge is 2.36. The maximum absolute atomic E-state index is 11.6. The zero-order valence-corrected chi connectivity index (χ0v) is 9.87. The largest absolute Gasteiger partial charge is 0.468 e. The summed E-state index contributed by atoms with van der Waals surface area (Å²) in [5, 5.41) is 9.64. The zero-order valence-electron chi connectivity index (χ0n) is 9.87. The topological polar surface area (TPSA) is 49.8 Å². The van der Waals surface area contributed by atoms with Crippen LogP contribution in [0.4, 0.5) is 0 Å². The Balaban J connectivity index is 2.06. The SMILES string of the molecule is COC(=O)[C@H]1C[C@@H](O)CN1Cc1ccccc1. The van der Waals surface area contributed by atoms with E-state index in [0.29, 0.717) is 19.5 Å². The van der Waals surface area contributed by atoms with Crippen molar-refractivity contribution in [2.24, 2.45) is 0 Å². The summed E-state index contributed by atoms with van der Waals surface area (Å²) in [5.41, 5.74) is 1.13. The van der Waals surface area contributed by atoms with Crippen LogP contribution in [-0.4, -0.2) is 41.8 Å². The van der Waals surface area contributed by atoms with Crippen LogP contribution in [0.15, 0.2) is 30.3 Å². The summed E-state index contributed by atoms with van der Waals surface area (Å²) in [6, 6.07) is 9.59. The molecule has 1 aliphatic heterocycles. The highest BCUT2D eigenvalue weighted by Crippen LogP contribution is 2.21. The molecular formula is C13H17NO3. The Morgan fingerprint density at radius 3 is 2.82 bits per heavy atom. The molecule has 0 amide bonds. The maximum atomic E-state index is 11.6. The molecule has 0 radical (unpaired) electrons. The molecule has 4 nitrogen and oxygen atoms in total. The predicted molar refractivity (Wildman–Crippen MR) is 63.3 cm³/mol. The fraction of sp³-hybridized carbons (Fsp3) is 0.462. The highest BCUT2D eigenvalue weighted by atomic mass is 16.5. The highest BCUT2D eigenvalue weighted by molar-refractivity contribution is 5.76. The number of esters is 1. The van der Waals surface area contributed by atoms with Gasteiger partial charge in [0.1, 0.15) is 6.04 Å². The average Bonchev–Trinajstić information content (AvgIpc) is 2.70. The summed E-state index contributed by atoms with van der Waals surface area (Å²) < 4.78 is 4.76. The molecule has 1 aliphatic rings. The van der Waals surface area contributed by atoms with E-state index in [1.165, 1.54) is 7.11 Å². The first-order valence-corrected chi connectivity index (χ1v) is 5.74. The van der Waals surface area contributed by atoms with E-state index in [-0.39, 0.29) is 12.0 Å². The van der Waals surface area contributed by atoms with Crippen LogP contribution in [0.5, 0.6) is 0 Å². The third-order valence-electron chi connectivity index (χ3n) is 3.08. The lowest BCUT2D eigenvalue weighted by Gasteiger charge is -2.21. The van der Waals surface area contributed by atoms with Crippen molar-refractivity contribution in [2.45, 2.75) is 25.1 Å². The lowest BCUT2D eigenvalue weighted by Crippen LogP contribution is -2.36. The van der Waals surface area contributed by atoms with Gasteiger partial charge in [0, 0.05) is 19.5 Å². The van der Waals surface area contributed by atoms with Crippen LogP contribution < -0.4 is 0 Å². The molecule has 1 fully saturated rings. The average molecular weight is 235 g/mol. The smallest absolute Gasteiger partial charge is 0.323 e. The number of methoxy groups -OCH3 is 1. The maximum Gasteiger partial charge on any atom is 0.323 e. The van der Waals surface area contributed by atoms with E-state index < -0.39 is 6.10 Å². The van der Waals surface area contributed by atoms with Crippen molar-refractivity contribution in [1.82, 2.24) is 4.90 Å². The van der Waals surface area contributed by atoms with Crippen molar-refractivity contribution in [3.63, 3.8) is 0 Å². The number of carbonyl (C=O) groups is 1. The van der Waals surface area contributed by atoms with Crippen molar-refractivity contribution in [1.29, 1.82) is 0 Å². The molecule has 92 valence electrons. The molecule has 0 unspecified atom stereocenters. The van der Waals surface area contributed by atoms with Crippen LogP contribution in [0.3, 0.4) is 0 Å². The van der Waals surface area contributed by atoms with Gasteiger partial charge >= 0.3 is 5.97 Å². The van der Waals surface area contributed by atoms with Gasteiger partial charge in [0.15, 0.2) is 0 Å². The molecule has 17 heavy (non-hydrogen) atoms. The van der Waals surface area contributed by atoms with Crippen LogP contribution in [0, 0.1) is 0 Å². The van der Waals surface area contributed by atoms with Gasteiger partial charge in [-0.25, -0.2) is 0 Å². The lowest BCUT2D eigenvalue weighted by molar-refractivity contribution is -0.146. The minimum absolute atomic E-state index is 0.266. The van der Waals surface area contributed by atoms with Crippen molar-refractivity contribution < 1.29 is 14.6 Å². The molecule has 0 bridgehead atoms. The number of carbonyl (C=O) groups excluding carboxylic acids is 1. The van der Waals surface area contributed by atoms with Gasteiger partial charge < -0.3 is 9.84 Å². The molecule has 4 heteroatoms. The van der Waals surface area contributed by atoms with Gasteiger partial charge in [0.05, 0.1) is 13.2 Å². The first kappa shape index (κ1) is 12.1. The van der Waals surface area contributed by atoms with Crippen molar-refractivity contribution in [3.8, 4) is 0 Å². The number of rotatable bonds is 3. The fourth-order valence-corrected chi connectivity index (χ4v) is 2.25. The Morgan fingerprint density at radius 2 is 2.18 bits per heavy atom. The molecule has 1 saturated heterocycles. The molecule has 0 aliphatic carbocycles. The first-order chi connectivity index (χ1) is 8.20. The van der Waals surface area contributed by atoms with Crippen LogP contribution in [0.1, 0.15) is 12.0 Å². The minimum Gasteiger partial charge on any atom is -0.468 e. The monoisotopic (exact) mass is 235 g/mol. The molecule has 1 aromatic rings. The van der Waals surface area contributed by atoms with Gasteiger partial charge in [0.2, 0.25) is 0 Å². The Bertz CT molecular complexity index is 380. The summed E-state index contributed by atoms with van der Waals surface area (Å²) in [6.45, 7) is 1.19. The zero-order chi connectivity index (χ0) is 12.3. The van der Waals surface area contributed by atoms with Gasteiger partial charge in [-0.3, -0.25) is 9.69 Å². The van der Waals surface area contributed by atoms with E-state index in [4.69, 9.17) is 4.74 Å². The van der Waals surface area contributed by atoms with Crippen LogP contribution >= 0.6 is 0 Å². The molecule has 1 aromatic carbocycles. The Kier molecular flexibility index (Phi) is 3.76. The van der Waals surface area contributed by atoms with E-state index >= 15 is 0 Å². The van der Waals surface area contributed by atoms with E-state index in [9.17, 15) is 9.90 Å². The summed E-state index contributed by atoms with van der Waals surface area (Å²) in [7, 11) is 1.38. The standard InChI is InChI=1S/C13H17NO3/c1-17-13(16)12-7-11(15)9-14(12)8-10-5-3-2-4-6-10/h2-6,11-12,15H,7-9H2,1H3/t11-,12-/m1/s1. The number of hydrogen-bond donors (Lipinski definition) is 1. The fourth-order valence-electron chi connectivity index (χ4n) is 2.25. The quantitative estimate of drug-likeness (QED) is 0.787. The normalized spacial score (nSPS) is 24.8. The van der Waals surface area contributed by atoms with E-state index in [2.05, 4.69) is 0 Å². The predicted octanol–water partition coefficient (Wildman–Crippen LogP) is 0.795.